The predicted molar refractivity (Wildman–Crippen MR) is 92.3 cm³/mol. The molecular weight excluding hydrogens is 344 g/mol. The first-order valence-corrected chi connectivity index (χ1v) is 10.1. The van der Waals surface area contributed by atoms with Crippen LogP contribution in [-0.4, -0.2) is 30.3 Å². The molecule has 6 nitrogen and oxygen atoms in total. The summed E-state index contributed by atoms with van der Waals surface area (Å²) in [6.07, 6.45) is 6.61. The predicted octanol–water partition coefficient (Wildman–Crippen LogP) is 2.65. The Balaban J connectivity index is 2.26. The molecule has 0 bridgehead atoms. The van der Waals surface area contributed by atoms with Crippen molar-refractivity contribution in [2.45, 2.75) is 52.4 Å². The molecule has 3 unspecified atom stereocenters. The van der Waals surface area contributed by atoms with Crippen molar-refractivity contribution in [3.8, 4) is 0 Å². The molecule has 0 aliphatic heterocycles. The van der Waals surface area contributed by atoms with Crippen molar-refractivity contribution in [2.24, 2.45) is 17.8 Å². The van der Waals surface area contributed by atoms with Crippen LogP contribution in [-0.2, 0) is 24.5 Å². The summed E-state index contributed by atoms with van der Waals surface area (Å²) in [6.45, 7) is 4.12. The molecule has 2 aliphatic carbocycles. The number of carbonyl (C=O) groups excluding carboxylic acids is 3. The molecule has 2 aliphatic rings. The van der Waals surface area contributed by atoms with Crippen LogP contribution in [0, 0.1) is 17.8 Å². The highest BCUT2D eigenvalue weighted by Crippen LogP contribution is 2.37. The molecule has 0 aromatic rings. The molecular formula is C18H24O6S. The second-order valence-electron chi connectivity index (χ2n) is 6.80. The fourth-order valence-corrected chi connectivity index (χ4v) is 4.25. The van der Waals surface area contributed by atoms with E-state index < -0.39 is 38.4 Å². The van der Waals surface area contributed by atoms with Gasteiger partial charge in [0.25, 0.3) is 10.1 Å². The number of hydrogen-bond acceptors (Lipinski definition) is 5. The molecule has 1 saturated carbocycles. The van der Waals surface area contributed by atoms with Gasteiger partial charge in [-0.05, 0) is 18.4 Å². The average molecular weight is 368 g/mol. The molecule has 1 fully saturated rings. The van der Waals surface area contributed by atoms with Crippen LogP contribution in [0.5, 0.6) is 0 Å². The Bertz CT molecular complexity index is 744. The van der Waals surface area contributed by atoms with Gasteiger partial charge in [0.15, 0.2) is 17.3 Å². The molecule has 0 spiro atoms. The third kappa shape index (κ3) is 4.15. The quantitative estimate of drug-likeness (QED) is 0.547. The van der Waals surface area contributed by atoms with Crippen LogP contribution in [0.25, 0.3) is 0 Å². The van der Waals surface area contributed by atoms with Crippen LogP contribution in [0.4, 0.5) is 0 Å². The van der Waals surface area contributed by atoms with E-state index >= 15 is 0 Å². The van der Waals surface area contributed by atoms with E-state index in [0.717, 1.165) is 31.8 Å². The van der Waals surface area contributed by atoms with E-state index in [0.29, 0.717) is 12.3 Å². The van der Waals surface area contributed by atoms with Gasteiger partial charge in [-0.15, -0.1) is 0 Å². The van der Waals surface area contributed by atoms with Crippen molar-refractivity contribution in [1.82, 2.24) is 0 Å². The molecule has 3 atom stereocenters. The van der Waals surface area contributed by atoms with Gasteiger partial charge in [-0.1, -0.05) is 45.6 Å². The Morgan fingerprint density at radius 3 is 2.44 bits per heavy atom. The highest BCUT2D eigenvalue weighted by atomic mass is 32.2. The van der Waals surface area contributed by atoms with Gasteiger partial charge in [0, 0.05) is 17.9 Å². The minimum Gasteiger partial charge on any atom is -0.298 e. The lowest BCUT2D eigenvalue weighted by Crippen LogP contribution is -2.43. The monoisotopic (exact) mass is 368 g/mol. The molecule has 0 radical (unpaired) electrons. The largest absolute Gasteiger partial charge is 0.298 e. The van der Waals surface area contributed by atoms with Crippen molar-refractivity contribution in [2.75, 3.05) is 0 Å². The van der Waals surface area contributed by atoms with Gasteiger partial charge in [0.2, 0.25) is 0 Å². The van der Waals surface area contributed by atoms with Crippen LogP contribution in [0.2, 0.25) is 0 Å². The Morgan fingerprint density at radius 2 is 1.88 bits per heavy atom. The lowest BCUT2D eigenvalue weighted by molar-refractivity contribution is -0.138. The maximum absolute atomic E-state index is 12.8. The second kappa shape index (κ2) is 7.74. The minimum atomic E-state index is -4.72. The summed E-state index contributed by atoms with van der Waals surface area (Å²) in [5.41, 5.74) is 0.0419. The molecule has 1 N–H and O–H groups in total. The van der Waals surface area contributed by atoms with E-state index in [2.05, 4.69) is 6.92 Å². The highest BCUT2D eigenvalue weighted by molar-refractivity contribution is 7.90. The molecule has 25 heavy (non-hydrogen) atoms. The second-order valence-corrected chi connectivity index (χ2v) is 8.19. The zero-order valence-corrected chi connectivity index (χ0v) is 15.3. The summed E-state index contributed by atoms with van der Waals surface area (Å²) in [6, 6.07) is 0. The Hall–Kier alpha value is -1.60. The third-order valence-electron chi connectivity index (χ3n) is 5.11. The van der Waals surface area contributed by atoms with Crippen molar-refractivity contribution < 1.29 is 27.4 Å². The van der Waals surface area contributed by atoms with Gasteiger partial charge < -0.3 is 0 Å². The maximum atomic E-state index is 12.8. The van der Waals surface area contributed by atoms with E-state index in [4.69, 9.17) is 4.55 Å². The zero-order valence-electron chi connectivity index (χ0n) is 14.5. The Morgan fingerprint density at radius 1 is 1.20 bits per heavy atom. The number of Topliss-reactive ketones (excluding diaryl/α,β-unsaturated/α-hetero) is 3. The highest BCUT2D eigenvalue weighted by Gasteiger charge is 2.47. The van der Waals surface area contributed by atoms with Crippen LogP contribution in [0.1, 0.15) is 52.4 Å². The van der Waals surface area contributed by atoms with Gasteiger partial charge >= 0.3 is 0 Å². The number of fused-ring (bicyclic) bond motifs is 1. The number of allylic oxidation sites excluding steroid dienone is 4. The normalized spacial score (nSPS) is 25.3. The Labute approximate surface area is 148 Å². The summed E-state index contributed by atoms with van der Waals surface area (Å²) < 4.78 is 31.8. The minimum absolute atomic E-state index is 0.0419. The van der Waals surface area contributed by atoms with Gasteiger partial charge in [0.1, 0.15) is 10.8 Å². The van der Waals surface area contributed by atoms with E-state index in [1.54, 1.807) is 0 Å². The molecule has 0 amide bonds. The molecule has 2 rings (SSSR count). The van der Waals surface area contributed by atoms with Gasteiger partial charge in [-0.2, -0.15) is 8.42 Å². The summed E-state index contributed by atoms with van der Waals surface area (Å²) in [4.78, 5) is 36.7. The first kappa shape index (κ1) is 19.7. The van der Waals surface area contributed by atoms with Gasteiger partial charge in [-0.3, -0.25) is 18.9 Å². The smallest absolute Gasteiger partial charge is 0.298 e. The molecule has 138 valence electrons. The van der Waals surface area contributed by atoms with Crippen molar-refractivity contribution in [3.63, 3.8) is 0 Å². The molecule has 0 aromatic carbocycles. The molecule has 0 saturated heterocycles. The number of hydrogen-bond donors (Lipinski definition) is 1. The van der Waals surface area contributed by atoms with Gasteiger partial charge in [-0.25, -0.2) is 0 Å². The van der Waals surface area contributed by atoms with Gasteiger partial charge in [0.05, 0.1) is 0 Å². The standard InChI is InChI=1S/C18H24O6S/c1-3-5-6-11(4-2)9-12-10-14(19)13-7-8-15(25(22,23)24)18(21)16(13)17(12)20/h7-8,11-12,16H,3-6,9-10H2,1-2H3,(H,22,23,24). The molecule has 7 heteroatoms. The van der Waals surface area contributed by atoms with Crippen LogP contribution in [0.3, 0.4) is 0 Å². The number of rotatable bonds is 7. The lowest BCUT2D eigenvalue weighted by atomic mass is 9.69. The van der Waals surface area contributed by atoms with Crippen LogP contribution in [0.15, 0.2) is 22.6 Å². The molecule has 0 heterocycles. The van der Waals surface area contributed by atoms with Crippen LogP contribution < -0.4 is 0 Å². The van der Waals surface area contributed by atoms with E-state index in [9.17, 15) is 22.8 Å². The lowest BCUT2D eigenvalue weighted by Gasteiger charge is -2.32. The summed E-state index contributed by atoms with van der Waals surface area (Å²) >= 11 is 0. The number of ketones is 3. The van der Waals surface area contributed by atoms with E-state index in [-0.39, 0.29) is 17.8 Å². The summed E-state index contributed by atoms with van der Waals surface area (Å²) in [7, 11) is -4.72. The van der Waals surface area contributed by atoms with Crippen molar-refractivity contribution in [3.05, 3.63) is 22.6 Å². The molecule has 0 aromatic heterocycles. The number of carbonyl (C=O) groups is 3. The van der Waals surface area contributed by atoms with E-state index in [1.807, 2.05) is 6.92 Å². The Kier molecular flexibility index (Phi) is 6.11. The SMILES string of the molecule is CCCCC(CC)CC1CC(=O)C2=CC=C(S(=O)(=O)O)C(=O)C2C1=O. The first-order valence-electron chi connectivity index (χ1n) is 8.71. The first-order chi connectivity index (χ1) is 11.7. The average Bonchev–Trinajstić information content (AvgIpc) is 2.54. The fourth-order valence-electron chi connectivity index (χ4n) is 3.64. The van der Waals surface area contributed by atoms with Crippen LogP contribution >= 0.6 is 0 Å². The third-order valence-corrected chi connectivity index (χ3v) is 6.00. The maximum Gasteiger partial charge on any atom is 0.298 e. The van der Waals surface area contributed by atoms with Crippen molar-refractivity contribution in [1.29, 1.82) is 0 Å². The van der Waals surface area contributed by atoms with Crippen molar-refractivity contribution >= 4 is 27.5 Å². The van der Waals surface area contributed by atoms with E-state index in [1.165, 1.54) is 6.08 Å². The fraction of sp³-hybridized carbons (Fsp3) is 0.611. The summed E-state index contributed by atoms with van der Waals surface area (Å²) in [5, 5.41) is 0. The number of unbranched alkanes of at least 4 members (excludes halogenated alkanes) is 1. The topological polar surface area (TPSA) is 106 Å². The zero-order chi connectivity index (χ0) is 18.8. The summed E-state index contributed by atoms with van der Waals surface area (Å²) in [5.74, 6) is -3.36.